The predicted molar refractivity (Wildman–Crippen MR) is 50.0 cm³/mol. The summed E-state index contributed by atoms with van der Waals surface area (Å²) in [6.07, 6.45) is 1.33. The Morgan fingerprint density at radius 3 is 2.29 bits per heavy atom. The SMILES string of the molecule is CCCC(=O)Cc1cc(F)cc(F)c1. The molecule has 0 fully saturated rings. The Kier molecular flexibility index (Phi) is 3.74. The molecule has 0 radical (unpaired) electrons. The molecule has 0 amide bonds. The summed E-state index contributed by atoms with van der Waals surface area (Å²) in [6, 6.07) is 3.18. The maximum absolute atomic E-state index is 12.7. The fraction of sp³-hybridized carbons (Fsp3) is 0.364. The summed E-state index contributed by atoms with van der Waals surface area (Å²) in [5.74, 6) is -1.26. The number of carbonyl (C=O) groups is 1. The normalized spacial score (nSPS) is 10.2. The highest BCUT2D eigenvalue weighted by molar-refractivity contribution is 5.80. The van der Waals surface area contributed by atoms with Crippen molar-refractivity contribution >= 4 is 5.78 Å². The number of hydrogen-bond donors (Lipinski definition) is 0. The van der Waals surface area contributed by atoms with Crippen LogP contribution in [0, 0.1) is 11.6 Å². The fourth-order valence-electron chi connectivity index (χ4n) is 1.31. The largest absolute Gasteiger partial charge is 0.299 e. The van der Waals surface area contributed by atoms with Gasteiger partial charge in [0.05, 0.1) is 0 Å². The van der Waals surface area contributed by atoms with Crippen molar-refractivity contribution < 1.29 is 13.6 Å². The first-order chi connectivity index (χ1) is 6.61. The Bertz CT molecular complexity index is 314. The van der Waals surface area contributed by atoms with Crippen molar-refractivity contribution in [2.45, 2.75) is 26.2 Å². The van der Waals surface area contributed by atoms with Gasteiger partial charge in [-0.3, -0.25) is 4.79 Å². The van der Waals surface area contributed by atoms with Crippen molar-refractivity contribution in [3.63, 3.8) is 0 Å². The summed E-state index contributed by atoms with van der Waals surface area (Å²) >= 11 is 0. The van der Waals surface area contributed by atoms with Crippen molar-refractivity contribution in [2.24, 2.45) is 0 Å². The molecule has 0 heterocycles. The molecule has 0 N–H and O–H groups in total. The maximum Gasteiger partial charge on any atom is 0.137 e. The van der Waals surface area contributed by atoms with E-state index < -0.39 is 11.6 Å². The molecule has 0 bridgehead atoms. The minimum atomic E-state index is -0.635. The van der Waals surface area contributed by atoms with Crippen molar-refractivity contribution in [1.82, 2.24) is 0 Å². The summed E-state index contributed by atoms with van der Waals surface area (Å²) < 4.78 is 25.4. The van der Waals surface area contributed by atoms with Crippen LogP contribution in [0.25, 0.3) is 0 Å². The van der Waals surface area contributed by atoms with Crippen LogP contribution >= 0.6 is 0 Å². The third-order valence-corrected chi connectivity index (χ3v) is 1.85. The molecule has 0 saturated carbocycles. The van der Waals surface area contributed by atoms with Gasteiger partial charge in [-0.15, -0.1) is 0 Å². The van der Waals surface area contributed by atoms with Crippen LogP contribution in [-0.4, -0.2) is 5.78 Å². The van der Waals surface area contributed by atoms with E-state index in [-0.39, 0.29) is 12.2 Å². The lowest BCUT2D eigenvalue weighted by Gasteiger charge is -2.00. The minimum absolute atomic E-state index is 0.0116. The average molecular weight is 198 g/mol. The van der Waals surface area contributed by atoms with Crippen LogP contribution in [-0.2, 0) is 11.2 Å². The Labute approximate surface area is 81.7 Å². The van der Waals surface area contributed by atoms with Gasteiger partial charge < -0.3 is 0 Å². The lowest BCUT2D eigenvalue weighted by molar-refractivity contribution is -0.118. The second kappa shape index (κ2) is 4.84. The molecular formula is C11H12F2O. The Hall–Kier alpha value is -1.25. The molecular weight excluding hydrogens is 186 g/mol. The molecule has 0 atom stereocenters. The zero-order chi connectivity index (χ0) is 10.6. The van der Waals surface area contributed by atoms with E-state index in [1.165, 1.54) is 12.1 Å². The molecule has 0 spiro atoms. The topological polar surface area (TPSA) is 17.1 Å². The highest BCUT2D eigenvalue weighted by Crippen LogP contribution is 2.09. The van der Waals surface area contributed by atoms with Gasteiger partial charge in [-0.2, -0.15) is 0 Å². The van der Waals surface area contributed by atoms with Crippen molar-refractivity contribution in [2.75, 3.05) is 0 Å². The van der Waals surface area contributed by atoms with Crippen LogP contribution in [0.4, 0.5) is 8.78 Å². The lowest BCUT2D eigenvalue weighted by atomic mass is 10.1. The van der Waals surface area contributed by atoms with Gasteiger partial charge in [0.15, 0.2) is 0 Å². The zero-order valence-electron chi connectivity index (χ0n) is 8.02. The van der Waals surface area contributed by atoms with Gasteiger partial charge >= 0.3 is 0 Å². The molecule has 0 aromatic heterocycles. The van der Waals surface area contributed by atoms with E-state index in [0.717, 1.165) is 12.5 Å². The second-order valence-electron chi connectivity index (χ2n) is 3.24. The molecule has 0 unspecified atom stereocenters. The Morgan fingerprint density at radius 1 is 1.21 bits per heavy atom. The van der Waals surface area contributed by atoms with Gasteiger partial charge in [0.2, 0.25) is 0 Å². The van der Waals surface area contributed by atoms with E-state index in [1.54, 1.807) is 0 Å². The summed E-state index contributed by atoms with van der Waals surface area (Å²) in [5, 5.41) is 0. The van der Waals surface area contributed by atoms with Gasteiger partial charge in [-0.1, -0.05) is 6.92 Å². The summed E-state index contributed by atoms with van der Waals surface area (Å²) in [4.78, 5) is 11.2. The van der Waals surface area contributed by atoms with Gasteiger partial charge in [-0.25, -0.2) is 8.78 Å². The van der Waals surface area contributed by atoms with Gasteiger partial charge in [0.25, 0.3) is 0 Å². The summed E-state index contributed by atoms with van der Waals surface area (Å²) in [5.41, 5.74) is 0.404. The molecule has 14 heavy (non-hydrogen) atoms. The van der Waals surface area contributed by atoms with E-state index >= 15 is 0 Å². The number of Topliss-reactive ketones (excluding diaryl/α,β-unsaturated/α-hetero) is 1. The highest BCUT2D eigenvalue weighted by atomic mass is 19.1. The highest BCUT2D eigenvalue weighted by Gasteiger charge is 2.05. The number of hydrogen-bond acceptors (Lipinski definition) is 1. The van der Waals surface area contributed by atoms with Crippen LogP contribution in [0.3, 0.4) is 0 Å². The first-order valence-corrected chi connectivity index (χ1v) is 4.58. The quantitative estimate of drug-likeness (QED) is 0.727. The van der Waals surface area contributed by atoms with Crippen LogP contribution in [0.1, 0.15) is 25.3 Å². The fourth-order valence-corrected chi connectivity index (χ4v) is 1.31. The van der Waals surface area contributed by atoms with Gasteiger partial charge in [0, 0.05) is 18.9 Å². The number of halogens is 2. The van der Waals surface area contributed by atoms with E-state index in [1.807, 2.05) is 6.92 Å². The summed E-state index contributed by atoms with van der Waals surface area (Å²) in [6.45, 7) is 1.89. The standard InChI is InChI=1S/C11H12F2O/c1-2-3-11(14)6-8-4-9(12)7-10(13)5-8/h4-5,7H,2-3,6H2,1H3. The van der Waals surface area contributed by atoms with E-state index in [9.17, 15) is 13.6 Å². The number of carbonyl (C=O) groups excluding carboxylic acids is 1. The van der Waals surface area contributed by atoms with Gasteiger partial charge in [-0.05, 0) is 24.1 Å². The lowest BCUT2D eigenvalue weighted by Crippen LogP contribution is -2.02. The number of ketones is 1. The minimum Gasteiger partial charge on any atom is -0.299 e. The number of benzene rings is 1. The molecule has 0 aliphatic rings. The van der Waals surface area contributed by atoms with Crippen molar-refractivity contribution in [3.05, 3.63) is 35.4 Å². The van der Waals surface area contributed by atoms with E-state index in [0.29, 0.717) is 12.0 Å². The van der Waals surface area contributed by atoms with Crippen LogP contribution in [0.15, 0.2) is 18.2 Å². The maximum atomic E-state index is 12.7. The molecule has 1 rings (SSSR count). The number of rotatable bonds is 4. The molecule has 3 heteroatoms. The monoisotopic (exact) mass is 198 g/mol. The molecule has 1 aromatic carbocycles. The van der Waals surface area contributed by atoms with E-state index in [2.05, 4.69) is 0 Å². The van der Waals surface area contributed by atoms with Gasteiger partial charge in [0.1, 0.15) is 17.4 Å². The molecule has 0 saturated heterocycles. The zero-order valence-corrected chi connectivity index (χ0v) is 8.02. The molecule has 1 nitrogen and oxygen atoms in total. The third-order valence-electron chi connectivity index (χ3n) is 1.85. The molecule has 76 valence electrons. The predicted octanol–water partition coefficient (Wildman–Crippen LogP) is 2.88. The smallest absolute Gasteiger partial charge is 0.137 e. The van der Waals surface area contributed by atoms with Crippen molar-refractivity contribution in [1.29, 1.82) is 0 Å². The molecule has 0 aliphatic carbocycles. The van der Waals surface area contributed by atoms with Crippen LogP contribution in [0.5, 0.6) is 0 Å². The molecule has 0 aliphatic heterocycles. The molecule has 1 aromatic rings. The van der Waals surface area contributed by atoms with Crippen LogP contribution in [0.2, 0.25) is 0 Å². The second-order valence-corrected chi connectivity index (χ2v) is 3.24. The third kappa shape index (κ3) is 3.24. The average Bonchev–Trinajstić information content (AvgIpc) is 2.01. The Balaban J connectivity index is 2.71. The Morgan fingerprint density at radius 2 is 1.79 bits per heavy atom. The first kappa shape index (κ1) is 10.8. The summed E-state index contributed by atoms with van der Waals surface area (Å²) in [7, 11) is 0. The van der Waals surface area contributed by atoms with E-state index in [4.69, 9.17) is 0 Å². The van der Waals surface area contributed by atoms with Crippen LogP contribution < -0.4 is 0 Å². The first-order valence-electron chi connectivity index (χ1n) is 4.58. The van der Waals surface area contributed by atoms with Crippen molar-refractivity contribution in [3.8, 4) is 0 Å².